The van der Waals surface area contributed by atoms with Crippen LogP contribution in [0.25, 0.3) is 0 Å². The molecular formula is C14H21N5OS. The normalized spacial score (nSPS) is 10.7. The Morgan fingerprint density at radius 3 is 2.43 bits per heavy atom. The maximum Gasteiger partial charge on any atom is 0.213 e. The number of aromatic nitrogens is 3. The zero-order valence-corrected chi connectivity index (χ0v) is 13.7. The molecule has 6 nitrogen and oxygen atoms in total. The average molecular weight is 307 g/mol. The summed E-state index contributed by atoms with van der Waals surface area (Å²) in [7, 11) is 0. The molecule has 7 heteroatoms. The monoisotopic (exact) mass is 307 g/mol. The summed E-state index contributed by atoms with van der Waals surface area (Å²) in [6.45, 7) is 7.37. The van der Waals surface area contributed by atoms with Crippen LogP contribution in [0.1, 0.15) is 30.7 Å². The first kappa shape index (κ1) is 15.6. The molecule has 2 aromatic rings. The SMILES string of the molecule is CCCNc1cc(NCc2nc(C)c(C)o2)nc(SC)n1. The highest BCUT2D eigenvalue weighted by atomic mass is 32.2. The van der Waals surface area contributed by atoms with Gasteiger partial charge in [-0.05, 0) is 26.5 Å². The Labute approximate surface area is 129 Å². The van der Waals surface area contributed by atoms with Crippen LogP contribution in [0.15, 0.2) is 15.6 Å². The van der Waals surface area contributed by atoms with Gasteiger partial charge in [0.25, 0.3) is 0 Å². The van der Waals surface area contributed by atoms with E-state index in [1.165, 1.54) is 11.8 Å². The summed E-state index contributed by atoms with van der Waals surface area (Å²) < 4.78 is 5.55. The van der Waals surface area contributed by atoms with Gasteiger partial charge in [-0.2, -0.15) is 0 Å². The van der Waals surface area contributed by atoms with Crippen molar-refractivity contribution >= 4 is 23.4 Å². The molecule has 0 aliphatic carbocycles. The van der Waals surface area contributed by atoms with E-state index >= 15 is 0 Å². The molecule has 0 unspecified atom stereocenters. The fraction of sp³-hybridized carbons (Fsp3) is 0.500. The topological polar surface area (TPSA) is 75.9 Å². The number of thioether (sulfide) groups is 1. The van der Waals surface area contributed by atoms with Gasteiger partial charge >= 0.3 is 0 Å². The highest BCUT2D eigenvalue weighted by molar-refractivity contribution is 7.98. The van der Waals surface area contributed by atoms with E-state index in [1.807, 2.05) is 26.2 Å². The maximum atomic E-state index is 5.55. The van der Waals surface area contributed by atoms with Crippen molar-refractivity contribution in [2.75, 3.05) is 23.4 Å². The fourth-order valence-corrected chi connectivity index (χ4v) is 2.11. The maximum absolute atomic E-state index is 5.55. The van der Waals surface area contributed by atoms with Gasteiger partial charge in [0.1, 0.15) is 17.4 Å². The van der Waals surface area contributed by atoms with E-state index in [9.17, 15) is 0 Å². The fourth-order valence-electron chi connectivity index (χ4n) is 1.73. The number of hydrogen-bond donors (Lipinski definition) is 2. The van der Waals surface area contributed by atoms with Gasteiger partial charge in [0.2, 0.25) is 5.89 Å². The second kappa shape index (κ2) is 7.31. The van der Waals surface area contributed by atoms with Crippen LogP contribution in [-0.2, 0) is 6.54 Å². The second-order valence-corrected chi connectivity index (χ2v) is 5.43. The van der Waals surface area contributed by atoms with Crippen molar-refractivity contribution in [1.29, 1.82) is 0 Å². The summed E-state index contributed by atoms with van der Waals surface area (Å²) in [6, 6.07) is 1.90. The van der Waals surface area contributed by atoms with Gasteiger partial charge in [-0.25, -0.2) is 15.0 Å². The molecule has 0 spiro atoms. The Kier molecular flexibility index (Phi) is 5.44. The molecule has 0 bridgehead atoms. The molecule has 2 rings (SSSR count). The Balaban J connectivity index is 2.07. The van der Waals surface area contributed by atoms with Gasteiger partial charge in [0, 0.05) is 12.6 Å². The summed E-state index contributed by atoms with van der Waals surface area (Å²) in [5, 5.41) is 7.24. The van der Waals surface area contributed by atoms with Crippen molar-refractivity contribution < 1.29 is 4.42 Å². The van der Waals surface area contributed by atoms with Gasteiger partial charge < -0.3 is 15.1 Å². The number of hydrogen-bond acceptors (Lipinski definition) is 7. The quantitative estimate of drug-likeness (QED) is 0.600. The molecule has 0 atom stereocenters. The number of rotatable bonds is 7. The molecular weight excluding hydrogens is 286 g/mol. The first-order chi connectivity index (χ1) is 10.1. The summed E-state index contributed by atoms with van der Waals surface area (Å²) in [5.74, 6) is 3.11. The van der Waals surface area contributed by atoms with Crippen LogP contribution in [0, 0.1) is 13.8 Å². The van der Waals surface area contributed by atoms with Crippen molar-refractivity contribution in [1.82, 2.24) is 15.0 Å². The van der Waals surface area contributed by atoms with E-state index in [0.29, 0.717) is 12.4 Å². The van der Waals surface area contributed by atoms with Gasteiger partial charge in [0.15, 0.2) is 5.16 Å². The minimum atomic E-state index is 0.507. The summed E-state index contributed by atoms with van der Waals surface area (Å²) in [5.41, 5.74) is 0.921. The zero-order chi connectivity index (χ0) is 15.2. The number of nitrogens with zero attached hydrogens (tertiary/aromatic N) is 3. The third-order valence-corrected chi connectivity index (χ3v) is 3.49. The van der Waals surface area contributed by atoms with Crippen molar-refractivity contribution in [3.8, 4) is 0 Å². The van der Waals surface area contributed by atoms with Crippen LogP contribution < -0.4 is 10.6 Å². The molecule has 2 N–H and O–H groups in total. The Hall–Kier alpha value is -1.76. The van der Waals surface area contributed by atoms with Gasteiger partial charge in [0.05, 0.1) is 12.2 Å². The molecule has 0 radical (unpaired) electrons. The van der Waals surface area contributed by atoms with Crippen LogP contribution in [-0.4, -0.2) is 27.8 Å². The number of nitrogens with one attached hydrogen (secondary N) is 2. The molecule has 0 saturated heterocycles. The lowest BCUT2D eigenvalue weighted by Gasteiger charge is -2.09. The minimum absolute atomic E-state index is 0.507. The lowest BCUT2D eigenvalue weighted by molar-refractivity contribution is 0.478. The highest BCUT2D eigenvalue weighted by Crippen LogP contribution is 2.18. The second-order valence-electron chi connectivity index (χ2n) is 4.65. The van der Waals surface area contributed by atoms with Gasteiger partial charge in [-0.3, -0.25) is 0 Å². The van der Waals surface area contributed by atoms with Crippen LogP contribution in [0.5, 0.6) is 0 Å². The molecule has 0 aromatic carbocycles. The van der Waals surface area contributed by atoms with E-state index < -0.39 is 0 Å². The smallest absolute Gasteiger partial charge is 0.213 e. The molecule has 0 fully saturated rings. The first-order valence-corrected chi connectivity index (χ1v) is 8.18. The van der Waals surface area contributed by atoms with Crippen LogP contribution in [0.4, 0.5) is 11.6 Å². The molecule has 0 aliphatic heterocycles. The Morgan fingerprint density at radius 1 is 1.14 bits per heavy atom. The van der Waals surface area contributed by atoms with Gasteiger partial charge in [-0.15, -0.1) is 0 Å². The zero-order valence-electron chi connectivity index (χ0n) is 12.9. The van der Waals surface area contributed by atoms with E-state index in [1.54, 1.807) is 0 Å². The minimum Gasteiger partial charge on any atom is -0.444 e. The summed E-state index contributed by atoms with van der Waals surface area (Å²) >= 11 is 1.52. The van der Waals surface area contributed by atoms with E-state index in [-0.39, 0.29) is 0 Å². The van der Waals surface area contributed by atoms with Crippen molar-refractivity contribution in [3.63, 3.8) is 0 Å². The lowest BCUT2D eigenvalue weighted by atomic mass is 10.4. The van der Waals surface area contributed by atoms with Crippen LogP contribution in [0.3, 0.4) is 0 Å². The van der Waals surface area contributed by atoms with Crippen molar-refractivity contribution in [3.05, 3.63) is 23.4 Å². The number of oxazole rings is 1. The molecule has 2 heterocycles. The Morgan fingerprint density at radius 2 is 1.86 bits per heavy atom. The van der Waals surface area contributed by atoms with Crippen LogP contribution >= 0.6 is 11.8 Å². The highest BCUT2D eigenvalue weighted by Gasteiger charge is 2.07. The van der Waals surface area contributed by atoms with E-state index in [0.717, 1.165) is 41.2 Å². The van der Waals surface area contributed by atoms with Crippen molar-refractivity contribution in [2.24, 2.45) is 0 Å². The summed E-state index contributed by atoms with van der Waals surface area (Å²) in [4.78, 5) is 13.2. The van der Waals surface area contributed by atoms with Crippen molar-refractivity contribution in [2.45, 2.75) is 38.9 Å². The number of aryl methyl sites for hydroxylation is 2. The third-order valence-electron chi connectivity index (χ3n) is 2.94. The average Bonchev–Trinajstić information content (AvgIpc) is 2.81. The molecule has 2 aromatic heterocycles. The van der Waals surface area contributed by atoms with Gasteiger partial charge in [-0.1, -0.05) is 18.7 Å². The van der Waals surface area contributed by atoms with E-state index in [2.05, 4.69) is 32.5 Å². The molecule has 0 amide bonds. The predicted molar refractivity (Wildman–Crippen MR) is 85.9 cm³/mol. The largest absolute Gasteiger partial charge is 0.444 e. The predicted octanol–water partition coefficient (Wildman–Crippen LogP) is 3.24. The van der Waals surface area contributed by atoms with E-state index in [4.69, 9.17) is 4.42 Å². The Bertz CT molecular complexity index is 580. The first-order valence-electron chi connectivity index (χ1n) is 6.96. The third kappa shape index (κ3) is 4.35. The molecule has 21 heavy (non-hydrogen) atoms. The van der Waals surface area contributed by atoms with Crippen LogP contribution in [0.2, 0.25) is 0 Å². The molecule has 114 valence electrons. The molecule has 0 aliphatic rings. The lowest BCUT2D eigenvalue weighted by Crippen LogP contribution is -2.07. The number of anilines is 2. The molecule has 0 saturated carbocycles. The summed E-state index contributed by atoms with van der Waals surface area (Å²) in [6.07, 6.45) is 3.01. The standard InChI is InChI=1S/C14H21N5OS/c1-5-6-15-11-7-12(19-14(18-11)21-4)16-8-13-17-9(2)10(3)20-13/h7H,5-6,8H2,1-4H3,(H2,15,16,18,19).